The highest BCUT2D eigenvalue weighted by molar-refractivity contribution is 8.27. The molecule has 1 aliphatic rings. The molecule has 4 aromatic rings. The molecule has 2 aromatic heterocycles. The summed E-state index contributed by atoms with van der Waals surface area (Å²) >= 11 is 6.58. The number of amides is 1. The number of carbonyl (C=O) groups excluding carboxylic acids is 1. The molecule has 11 heteroatoms. The van der Waals surface area contributed by atoms with Gasteiger partial charge in [-0.3, -0.25) is 19.2 Å². The minimum absolute atomic E-state index is 0.0942. The van der Waals surface area contributed by atoms with Crippen LogP contribution in [0, 0.1) is 11.8 Å². The average molecular weight is 520 g/mol. The van der Waals surface area contributed by atoms with Crippen molar-refractivity contribution in [1.82, 2.24) is 9.36 Å². The Kier molecular flexibility index (Phi) is 5.94. The van der Waals surface area contributed by atoms with E-state index in [0.717, 1.165) is 11.8 Å². The molecule has 0 atom stereocenters. The molecule has 3 heterocycles. The predicted octanol–water partition coefficient (Wildman–Crippen LogP) is 4.95. The van der Waals surface area contributed by atoms with Crippen molar-refractivity contribution >= 4 is 51.7 Å². The van der Waals surface area contributed by atoms with Gasteiger partial charge in [0.1, 0.15) is 17.2 Å². The lowest BCUT2D eigenvalue weighted by Gasteiger charge is -2.12. The zero-order valence-corrected chi connectivity index (χ0v) is 20.7. The van der Waals surface area contributed by atoms with Crippen molar-refractivity contribution in [3.63, 3.8) is 0 Å². The van der Waals surface area contributed by atoms with Crippen molar-refractivity contribution in [3.8, 4) is 17.0 Å². The maximum absolute atomic E-state index is 13.4. The molecule has 0 spiro atoms. The molecule has 0 saturated carbocycles. The van der Waals surface area contributed by atoms with Crippen LogP contribution in [0.1, 0.15) is 11.5 Å². The quantitative estimate of drug-likeness (QED) is 0.226. The summed E-state index contributed by atoms with van der Waals surface area (Å²) in [4.78, 5) is 39.1. The van der Waals surface area contributed by atoms with Gasteiger partial charge in [-0.25, -0.2) is 9.89 Å². The third-order valence-corrected chi connectivity index (χ3v) is 7.12. The summed E-state index contributed by atoms with van der Waals surface area (Å²) in [7, 11) is 1.76. The fourth-order valence-electron chi connectivity index (χ4n) is 3.94. The molecule has 0 unspecified atom stereocenters. The van der Waals surface area contributed by atoms with Crippen molar-refractivity contribution in [2.24, 2.45) is 7.05 Å². The van der Waals surface area contributed by atoms with E-state index in [1.165, 1.54) is 21.7 Å². The fraction of sp³-hybridized carbons (Fsp3) is 0.0800. The van der Waals surface area contributed by atoms with E-state index in [1.807, 2.05) is 30.3 Å². The topological polar surface area (TPSA) is 101 Å². The van der Waals surface area contributed by atoms with E-state index in [4.69, 9.17) is 21.8 Å². The van der Waals surface area contributed by atoms with Gasteiger partial charge >= 0.3 is 5.69 Å². The highest BCUT2D eigenvalue weighted by atomic mass is 32.2. The van der Waals surface area contributed by atoms with Crippen molar-refractivity contribution in [1.29, 1.82) is 0 Å². The monoisotopic (exact) mass is 519 g/mol. The number of thioether (sulfide) groups is 1. The number of rotatable bonds is 5. The summed E-state index contributed by atoms with van der Waals surface area (Å²) < 4.78 is 9.31. The highest BCUT2D eigenvalue weighted by Gasteiger charge is 2.38. The van der Waals surface area contributed by atoms with E-state index < -0.39 is 5.91 Å². The van der Waals surface area contributed by atoms with Gasteiger partial charge in [0.25, 0.3) is 16.4 Å². The zero-order valence-electron chi connectivity index (χ0n) is 19.1. The molecule has 0 aliphatic carbocycles. The van der Waals surface area contributed by atoms with Gasteiger partial charge in [0, 0.05) is 30.8 Å². The van der Waals surface area contributed by atoms with Crippen LogP contribution >= 0.6 is 24.0 Å². The Morgan fingerprint density at radius 2 is 1.72 bits per heavy atom. The summed E-state index contributed by atoms with van der Waals surface area (Å²) in [6.45, 7) is 1.77. The molecule has 1 fully saturated rings. The Morgan fingerprint density at radius 3 is 2.39 bits per heavy atom. The molecule has 1 saturated heterocycles. The highest BCUT2D eigenvalue weighted by Crippen LogP contribution is 2.37. The second-order valence-electron chi connectivity index (χ2n) is 7.95. The van der Waals surface area contributed by atoms with Crippen molar-refractivity contribution in [3.05, 3.63) is 98.4 Å². The number of benzene rings is 2. The van der Waals surface area contributed by atoms with E-state index in [0.29, 0.717) is 33.4 Å². The largest absolute Gasteiger partial charge is 0.457 e. The van der Waals surface area contributed by atoms with Crippen LogP contribution in [0.4, 0.5) is 11.4 Å². The third-order valence-electron chi connectivity index (χ3n) is 5.81. The van der Waals surface area contributed by atoms with Crippen LogP contribution in [0.2, 0.25) is 0 Å². The van der Waals surface area contributed by atoms with E-state index in [-0.39, 0.29) is 26.2 Å². The van der Waals surface area contributed by atoms with Gasteiger partial charge in [-0.1, -0.05) is 42.2 Å². The fourth-order valence-corrected chi connectivity index (χ4v) is 5.19. The Bertz CT molecular complexity index is 1610. The van der Waals surface area contributed by atoms with Gasteiger partial charge in [0.2, 0.25) is 0 Å². The van der Waals surface area contributed by atoms with Crippen LogP contribution in [0.3, 0.4) is 0 Å². The van der Waals surface area contributed by atoms with Crippen LogP contribution in [-0.2, 0) is 11.8 Å². The summed E-state index contributed by atoms with van der Waals surface area (Å²) in [5, 5.41) is 8.98. The van der Waals surface area contributed by atoms with Crippen molar-refractivity contribution in [2.45, 2.75) is 6.92 Å². The molecule has 0 bridgehead atoms. The first-order valence-electron chi connectivity index (χ1n) is 10.7. The average Bonchev–Trinajstić information content (AvgIpc) is 3.50. The number of para-hydroxylation sites is 1. The summed E-state index contributed by atoms with van der Waals surface area (Å²) in [5.41, 5.74) is 1.93. The molecule has 1 aliphatic heterocycles. The lowest BCUT2D eigenvalue weighted by molar-refractivity contribution is -0.729. The molecule has 9 nitrogen and oxygen atoms in total. The molecule has 5 rings (SSSR count). The number of aromatic nitrogens is 2. The Labute approximate surface area is 214 Å². The van der Waals surface area contributed by atoms with Gasteiger partial charge in [-0.05, 0) is 43.3 Å². The Balaban J connectivity index is 1.46. The maximum atomic E-state index is 13.4. The third kappa shape index (κ3) is 3.97. The molecular formula is C25H19N4O5S2+. The van der Waals surface area contributed by atoms with Gasteiger partial charge in [-0.2, -0.15) is 0 Å². The Hall–Kier alpha value is -4.22. The van der Waals surface area contributed by atoms with E-state index >= 15 is 0 Å². The first-order valence-corrected chi connectivity index (χ1v) is 12.0. The number of anilines is 1. The maximum Gasteiger partial charge on any atom is 0.316 e. The number of hydrogen-bond acceptors (Lipinski definition) is 6. The second kappa shape index (κ2) is 9.10. The van der Waals surface area contributed by atoms with Crippen molar-refractivity contribution in [2.75, 3.05) is 4.90 Å². The standard InChI is InChI=1S/C25H19N4O5S2/c1-15-22(24(31)28(26(15)2)17-6-4-3-5-7-17)27-23(30)21(36-25(27)35)14-19-12-13-20(34-19)16-8-10-18(11-9-16)29(32)33/h3-14H,1-2H3,(H,32,33)/q+1/b21-14+. The van der Waals surface area contributed by atoms with E-state index in [9.17, 15) is 14.5 Å². The van der Waals surface area contributed by atoms with Gasteiger partial charge in [0.15, 0.2) is 4.32 Å². The van der Waals surface area contributed by atoms with E-state index in [1.54, 1.807) is 49.0 Å². The first kappa shape index (κ1) is 23.5. The first-order chi connectivity index (χ1) is 17.3. The number of hydrogen-bond donors (Lipinski definition) is 1. The lowest BCUT2D eigenvalue weighted by atomic mass is 10.1. The van der Waals surface area contributed by atoms with Crippen LogP contribution in [0.25, 0.3) is 23.1 Å². The minimum atomic E-state index is -0.406. The molecule has 0 radical (unpaired) electrons. The van der Waals surface area contributed by atoms with E-state index in [2.05, 4.69) is 0 Å². The smallest absolute Gasteiger partial charge is 0.316 e. The number of thiocarbonyl (C=S) groups is 1. The van der Waals surface area contributed by atoms with Crippen LogP contribution < -0.4 is 10.5 Å². The van der Waals surface area contributed by atoms with Crippen LogP contribution in [0.5, 0.6) is 0 Å². The number of furan rings is 1. The van der Waals surface area contributed by atoms with Crippen molar-refractivity contribution < 1.29 is 19.3 Å². The summed E-state index contributed by atoms with van der Waals surface area (Å²) in [5.74, 6) is 0.536. The molecule has 36 heavy (non-hydrogen) atoms. The SMILES string of the molecule is Cc1c(N2C(=O)/C(=C\c3ccc(-c4ccc([N+](=O)O)cc4)o3)SC2=S)c(=O)n(-c2ccccc2)n1C. The van der Waals surface area contributed by atoms with Crippen LogP contribution in [-0.4, -0.2) is 29.7 Å². The summed E-state index contributed by atoms with van der Waals surface area (Å²) in [6.07, 6.45) is 1.58. The van der Waals surface area contributed by atoms with Crippen LogP contribution in [0.15, 0.2) is 80.8 Å². The molecular weight excluding hydrogens is 500 g/mol. The minimum Gasteiger partial charge on any atom is -0.457 e. The Morgan fingerprint density at radius 1 is 1.03 bits per heavy atom. The molecule has 180 valence electrons. The molecule has 1 amide bonds. The normalized spacial score (nSPS) is 14.7. The molecule has 1 N–H and O–H groups in total. The second-order valence-corrected chi connectivity index (χ2v) is 9.62. The number of carbonyl (C=O) groups is 1. The van der Waals surface area contributed by atoms with Gasteiger partial charge < -0.3 is 4.42 Å². The lowest BCUT2D eigenvalue weighted by Crippen LogP contribution is -2.33. The zero-order chi connectivity index (χ0) is 25.6. The van der Waals surface area contributed by atoms with Gasteiger partial charge in [-0.15, -0.1) is 0 Å². The van der Waals surface area contributed by atoms with Gasteiger partial charge in [0.05, 0.1) is 21.2 Å². The summed E-state index contributed by atoms with van der Waals surface area (Å²) in [6, 6.07) is 18.8. The predicted molar refractivity (Wildman–Crippen MR) is 141 cm³/mol. The molecule has 2 aromatic carbocycles. The number of nitrogens with zero attached hydrogens (tertiary/aromatic N) is 4.